The SMILES string of the molecule is CCNC(C)CC(=O)N(CCC(=O)OC)CC(F)(F)F. The number of nitrogens with zero attached hydrogens (tertiary/aromatic N) is 1. The molecule has 0 fully saturated rings. The Balaban J connectivity index is 4.57. The summed E-state index contributed by atoms with van der Waals surface area (Å²) in [6.07, 6.45) is -4.80. The van der Waals surface area contributed by atoms with Gasteiger partial charge in [-0.3, -0.25) is 9.59 Å². The van der Waals surface area contributed by atoms with E-state index in [-0.39, 0.29) is 25.4 Å². The van der Waals surface area contributed by atoms with Crippen molar-refractivity contribution in [2.75, 3.05) is 26.7 Å². The molecule has 1 atom stereocenters. The molecule has 0 aromatic heterocycles. The first-order valence-electron chi connectivity index (χ1n) is 6.34. The topological polar surface area (TPSA) is 58.6 Å². The van der Waals surface area contributed by atoms with Crippen LogP contribution in [0.2, 0.25) is 0 Å². The van der Waals surface area contributed by atoms with Crippen molar-refractivity contribution in [1.29, 1.82) is 0 Å². The second kappa shape index (κ2) is 8.78. The average molecular weight is 298 g/mol. The Bertz CT molecular complexity index is 322. The minimum atomic E-state index is -4.49. The van der Waals surface area contributed by atoms with Crippen molar-refractivity contribution in [2.24, 2.45) is 0 Å². The lowest BCUT2D eigenvalue weighted by Gasteiger charge is -2.25. The predicted molar refractivity (Wildman–Crippen MR) is 67.0 cm³/mol. The van der Waals surface area contributed by atoms with Crippen LogP contribution in [-0.4, -0.2) is 55.7 Å². The molecule has 0 aliphatic heterocycles. The van der Waals surface area contributed by atoms with E-state index < -0.39 is 24.6 Å². The normalized spacial score (nSPS) is 12.9. The molecule has 20 heavy (non-hydrogen) atoms. The molecule has 0 saturated carbocycles. The van der Waals surface area contributed by atoms with E-state index >= 15 is 0 Å². The van der Waals surface area contributed by atoms with Crippen molar-refractivity contribution in [3.8, 4) is 0 Å². The monoisotopic (exact) mass is 298 g/mol. The summed E-state index contributed by atoms with van der Waals surface area (Å²) >= 11 is 0. The molecule has 1 N–H and O–H groups in total. The van der Waals surface area contributed by atoms with Crippen LogP contribution in [0.15, 0.2) is 0 Å². The first-order valence-corrected chi connectivity index (χ1v) is 6.34. The molecule has 0 aliphatic rings. The van der Waals surface area contributed by atoms with E-state index in [9.17, 15) is 22.8 Å². The Hall–Kier alpha value is -1.31. The molecule has 0 heterocycles. The summed E-state index contributed by atoms with van der Waals surface area (Å²) in [5, 5.41) is 2.95. The average Bonchev–Trinajstić information content (AvgIpc) is 2.32. The number of esters is 1. The van der Waals surface area contributed by atoms with Crippen molar-refractivity contribution >= 4 is 11.9 Å². The van der Waals surface area contributed by atoms with E-state index in [1.807, 2.05) is 6.92 Å². The van der Waals surface area contributed by atoms with Crippen LogP contribution in [0.25, 0.3) is 0 Å². The van der Waals surface area contributed by atoms with Gasteiger partial charge < -0.3 is 15.0 Å². The molecule has 1 unspecified atom stereocenters. The Morgan fingerprint density at radius 3 is 2.40 bits per heavy atom. The van der Waals surface area contributed by atoms with Gasteiger partial charge in [-0.25, -0.2) is 0 Å². The number of carbonyl (C=O) groups is 2. The maximum Gasteiger partial charge on any atom is 0.406 e. The maximum absolute atomic E-state index is 12.4. The first kappa shape index (κ1) is 18.7. The van der Waals surface area contributed by atoms with Gasteiger partial charge in [0.1, 0.15) is 6.54 Å². The zero-order valence-electron chi connectivity index (χ0n) is 11.9. The van der Waals surface area contributed by atoms with Crippen LogP contribution in [0.4, 0.5) is 13.2 Å². The number of methoxy groups -OCH3 is 1. The lowest BCUT2D eigenvalue weighted by molar-refractivity contribution is -0.163. The van der Waals surface area contributed by atoms with E-state index in [2.05, 4.69) is 10.1 Å². The lowest BCUT2D eigenvalue weighted by Crippen LogP contribution is -2.42. The van der Waals surface area contributed by atoms with Crippen LogP contribution in [0, 0.1) is 0 Å². The summed E-state index contributed by atoms with van der Waals surface area (Å²) in [7, 11) is 1.14. The van der Waals surface area contributed by atoms with E-state index in [4.69, 9.17) is 0 Å². The number of hydrogen-bond donors (Lipinski definition) is 1. The number of amides is 1. The van der Waals surface area contributed by atoms with Gasteiger partial charge >= 0.3 is 12.1 Å². The van der Waals surface area contributed by atoms with Gasteiger partial charge in [0.25, 0.3) is 0 Å². The molecular formula is C12H21F3N2O3. The highest BCUT2D eigenvalue weighted by atomic mass is 19.4. The largest absolute Gasteiger partial charge is 0.469 e. The number of nitrogens with one attached hydrogen (secondary N) is 1. The molecule has 0 saturated heterocycles. The molecule has 0 aromatic carbocycles. The minimum absolute atomic E-state index is 0.0505. The Morgan fingerprint density at radius 2 is 1.95 bits per heavy atom. The van der Waals surface area contributed by atoms with E-state index in [0.717, 1.165) is 7.11 Å². The van der Waals surface area contributed by atoms with Crippen molar-refractivity contribution in [1.82, 2.24) is 10.2 Å². The fraction of sp³-hybridized carbons (Fsp3) is 0.833. The number of alkyl halides is 3. The van der Waals surface area contributed by atoms with Crippen molar-refractivity contribution < 1.29 is 27.5 Å². The third-order valence-electron chi connectivity index (χ3n) is 2.57. The molecule has 5 nitrogen and oxygen atoms in total. The molecular weight excluding hydrogens is 277 g/mol. The van der Waals surface area contributed by atoms with E-state index in [1.165, 1.54) is 0 Å². The van der Waals surface area contributed by atoms with Crippen molar-refractivity contribution in [3.63, 3.8) is 0 Å². The highest BCUT2D eigenvalue weighted by molar-refractivity contribution is 5.77. The molecule has 118 valence electrons. The summed E-state index contributed by atoms with van der Waals surface area (Å²) in [4.78, 5) is 23.5. The summed E-state index contributed by atoms with van der Waals surface area (Å²) < 4.78 is 41.7. The van der Waals surface area contributed by atoms with Crippen LogP contribution in [0.5, 0.6) is 0 Å². The molecule has 1 amide bonds. The van der Waals surface area contributed by atoms with Crippen LogP contribution in [0.1, 0.15) is 26.7 Å². The lowest BCUT2D eigenvalue weighted by atomic mass is 10.2. The quantitative estimate of drug-likeness (QED) is 0.687. The fourth-order valence-corrected chi connectivity index (χ4v) is 1.65. The Labute approximate surface area is 116 Å². The third kappa shape index (κ3) is 8.73. The number of ether oxygens (including phenoxy) is 1. The molecule has 0 aliphatic carbocycles. The van der Waals surface area contributed by atoms with Gasteiger partial charge in [-0.2, -0.15) is 13.2 Å². The highest BCUT2D eigenvalue weighted by Crippen LogP contribution is 2.17. The number of rotatable bonds is 8. The molecule has 0 rings (SSSR count). The van der Waals surface area contributed by atoms with Crippen LogP contribution in [0.3, 0.4) is 0 Å². The van der Waals surface area contributed by atoms with Gasteiger partial charge in [0, 0.05) is 19.0 Å². The second-order valence-electron chi connectivity index (χ2n) is 4.42. The summed E-state index contributed by atoms with van der Waals surface area (Å²) in [5.41, 5.74) is 0. The van der Waals surface area contributed by atoms with Crippen molar-refractivity contribution in [3.05, 3.63) is 0 Å². The van der Waals surface area contributed by atoms with Gasteiger partial charge in [-0.15, -0.1) is 0 Å². The maximum atomic E-state index is 12.4. The van der Waals surface area contributed by atoms with E-state index in [1.54, 1.807) is 6.92 Å². The zero-order valence-corrected chi connectivity index (χ0v) is 11.9. The Morgan fingerprint density at radius 1 is 1.35 bits per heavy atom. The van der Waals surface area contributed by atoms with Crippen LogP contribution in [-0.2, 0) is 14.3 Å². The molecule has 8 heteroatoms. The second-order valence-corrected chi connectivity index (χ2v) is 4.42. The molecule has 0 spiro atoms. The van der Waals surface area contributed by atoms with Crippen molar-refractivity contribution in [2.45, 2.75) is 38.9 Å². The Kier molecular flexibility index (Phi) is 8.21. The van der Waals surface area contributed by atoms with Crippen LogP contribution < -0.4 is 5.32 Å². The summed E-state index contributed by atoms with van der Waals surface area (Å²) in [5.74, 6) is -1.29. The fourth-order valence-electron chi connectivity index (χ4n) is 1.65. The van der Waals surface area contributed by atoms with Crippen LogP contribution >= 0.6 is 0 Å². The summed E-state index contributed by atoms with van der Waals surface area (Å²) in [6.45, 7) is 2.51. The van der Waals surface area contributed by atoms with Gasteiger partial charge in [0.05, 0.1) is 13.5 Å². The number of halogens is 3. The highest BCUT2D eigenvalue weighted by Gasteiger charge is 2.33. The molecule has 0 bridgehead atoms. The molecule has 0 radical (unpaired) electrons. The zero-order chi connectivity index (χ0) is 15.8. The molecule has 0 aromatic rings. The first-order chi connectivity index (χ1) is 9.19. The third-order valence-corrected chi connectivity index (χ3v) is 2.57. The number of hydrogen-bond acceptors (Lipinski definition) is 4. The minimum Gasteiger partial charge on any atom is -0.469 e. The predicted octanol–water partition coefficient (Wildman–Crippen LogP) is 1.33. The smallest absolute Gasteiger partial charge is 0.406 e. The van der Waals surface area contributed by atoms with Gasteiger partial charge in [-0.1, -0.05) is 6.92 Å². The van der Waals surface area contributed by atoms with Gasteiger partial charge in [0.2, 0.25) is 5.91 Å². The standard InChI is InChI=1S/C12H21F3N2O3/c1-4-16-9(2)7-10(18)17(8-12(13,14)15)6-5-11(19)20-3/h9,16H,4-8H2,1-3H3. The van der Waals surface area contributed by atoms with Gasteiger partial charge in [-0.05, 0) is 13.5 Å². The number of carbonyl (C=O) groups excluding carboxylic acids is 2. The van der Waals surface area contributed by atoms with Gasteiger partial charge in [0.15, 0.2) is 0 Å². The summed E-state index contributed by atoms with van der Waals surface area (Å²) in [6, 6.07) is -0.221. The van der Waals surface area contributed by atoms with E-state index in [0.29, 0.717) is 11.4 Å².